The van der Waals surface area contributed by atoms with Gasteiger partial charge in [-0.2, -0.15) is 5.01 Å². The molecule has 0 aromatic heterocycles. The van der Waals surface area contributed by atoms with Crippen molar-refractivity contribution in [2.75, 3.05) is 20.3 Å². The van der Waals surface area contributed by atoms with E-state index in [2.05, 4.69) is 5.43 Å². The van der Waals surface area contributed by atoms with Crippen molar-refractivity contribution in [3.8, 4) is 0 Å². The van der Waals surface area contributed by atoms with E-state index in [9.17, 15) is 19.2 Å². The summed E-state index contributed by atoms with van der Waals surface area (Å²) >= 11 is 0. The third-order valence-corrected chi connectivity index (χ3v) is 3.49. The number of methoxy groups -OCH3 is 1. The molecule has 0 bridgehead atoms. The smallest absolute Gasteiger partial charge is 0.430 e. The van der Waals surface area contributed by atoms with Gasteiger partial charge in [-0.1, -0.05) is 0 Å². The predicted molar refractivity (Wildman–Crippen MR) is 77.2 cm³/mol. The molecule has 2 amide bonds. The third kappa shape index (κ3) is 3.91. The van der Waals surface area contributed by atoms with Crippen LogP contribution in [-0.4, -0.2) is 54.8 Å². The van der Waals surface area contributed by atoms with Gasteiger partial charge in [0.25, 0.3) is 0 Å². The first-order chi connectivity index (χ1) is 10.9. The van der Waals surface area contributed by atoms with Crippen LogP contribution in [-0.2, 0) is 23.8 Å². The number of carbonyl (C=O) groups is 4. The van der Waals surface area contributed by atoms with E-state index in [4.69, 9.17) is 14.2 Å². The zero-order valence-electron chi connectivity index (χ0n) is 13.5. The third-order valence-electron chi connectivity index (χ3n) is 3.49. The highest BCUT2D eigenvalue weighted by Crippen LogP contribution is 2.32. The molecule has 1 N–H and O–H groups in total. The second-order valence-corrected chi connectivity index (χ2v) is 4.85. The fraction of sp³-hybridized carbons (Fsp3) is 0.714. The van der Waals surface area contributed by atoms with E-state index in [0.29, 0.717) is 17.9 Å². The van der Waals surface area contributed by atoms with Crippen molar-refractivity contribution in [1.82, 2.24) is 10.4 Å². The van der Waals surface area contributed by atoms with E-state index in [1.807, 2.05) is 0 Å². The molecule has 0 aliphatic heterocycles. The lowest BCUT2D eigenvalue weighted by atomic mass is 9.80. The van der Waals surface area contributed by atoms with E-state index < -0.39 is 29.5 Å². The average Bonchev–Trinajstić information content (AvgIpc) is 2.53. The standard InChI is InChI=1S/C14H22N2O7/c1-4-22-12(19)15-16(13(20)23-5-2)14(11(18)21-3)9-7-6-8-10(14)17/h4-9H2,1-3H3,(H,15,19). The number of amides is 2. The summed E-state index contributed by atoms with van der Waals surface area (Å²) in [5.74, 6) is -1.44. The second kappa shape index (κ2) is 8.35. The topological polar surface area (TPSA) is 111 Å². The highest BCUT2D eigenvalue weighted by Gasteiger charge is 2.56. The first-order valence-corrected chi connectivity index (χ1v) is 7.46. The highest BCUT2D eigenvalue weighted by atomic mass is 16.6. The molecule has 130 valence electrons. The molecule has 0 aromatic rings. The average molecular weight is 330 g/mol. The molecule has 9 heteroatoms. The molecule has 0 heterocycles. The fourth-order valence-corrected chi connectivity index (χ4v) is 2.46. The maximum atomic E-state index is 12.5. The Kier molecular flexibility index (Phi) is 6.80. The van der Waals surface area contributed by atoms with Crippen LogP contribution in [0.2, 0.25) is 0 Å². The number of esters is 1. The molecule has 0 radical (unpaired) electrons. The van der Waals surface area contributed by atoms with Gasteiger partial charge < -0.3 is 14.2 Å². The molecule has 23 heavy (non-hydrogen) atoms. The van der Waals surface area contributed by atoms with Crippen LogP contribution in [0.25, 0.3) is 0 Å². The van der Waals surface area contributed by atoms with Gasteiger partial charge in [0.1, 0.15) is 0 Å². The van der Waals surface area contributed by atoms with Gasteiger partial charge in [-0.05, 0) is 33.1 Å². The van der Waals surface area contributed by atoms with Crippen LogP contribution in [0.5, 0.6) is 0 Å². The molecule has 1 atom stereocenters. The monoisotopic (exact) mass is 330 g/mol. The number of hydrazine groups is 1. The largest absolute Gasteiger partial charge is 0.467 e. The number of hydrogen-bond donors (Lipinski definition) is 1. The summed E-state index contributed by atoms with van der Waals surface area (Å²) in [4.78, 5) is 48.7. The molecular weight excluding hydrogens is 308 g/mol. The van der Waals surface area contributed by atoms with Crippen molar-refractivity contribution in [1.29, 1.82) is 0 Å². The first kappa shape index (κ1) is 18.7. The summed E-state index contributed by atoms with van der Waals surface area (Å²) in [6.07, 6.45) is -0.767. The summed E-state index contributed by atoms with van der Waals surface area (Å²) in [6, 6.07) is 0. The van der Waals surface area contributed by atoms with Gasteiger partial charge in [0, 0.05) is 6.42 Å². The number of carbonyl (C=O) groups excluding carboxylic acids is 4. The van der Waals surface area contributed by atoms with Gasteiger partial charge in [-0.15, -0.1) is 0 Å². The van der Waals surface area contributed by atoms with Crippen molar-refractivity contribution in [3.63, 3.8) is 0 Å². The molecule has 9 nitrogen and oxygen atoms in total. The van der Waals surface area contributed by atoms with Gasteiger partial charge in [0.2, 0.25) is 5.54 Å². The predicted octanol–water partition coefficient (Wildman–Crippen LogP) is 1.16. The van der Waals surface area contributed by atoms with Crippen molar-refractivity contribution >= 4 is 23.9 Å². The minimum Gasteiger partial charge on any atom is -0.467 e. The quantitative estimate of drug-likeness (QED) is 0.356. The number of nitrogens with zero attached hydrogens (tertiary/aromatic N) is 1. The lowest BCUT2D eigenvalue weighted by molar-refractivity contribution is -0.164. The van der Waals surface area contributed by atoms with Crippen molar-refractivity contribution in [2.45, 2.75) is 45.1 Å². The van der Waals surface area contributed by atoms with Gasteiger partial charge in [0.05, 0.1) is 20.3 Å². The van der Waals surface area contributed by atoms with E-state index in [1.54, 1.807) is 13.8 Å². The summed E-state index contributed by atoms with van der Waals surface area (Å²) < 4.78 is 14.3. The van der Waals surface area contributed by atoms with Gasteiger partial charge >= 0.3 is 18.2 Å². The zero-order valence-corrected chi connectivity index (χ0v) is 13.5. The Morgan fingerprint density at radius 1 is 1.17 bits per heavy atom. The molecule has 1 rings (SSSR count). The molecule has 0 saturated heterocycles. The molecule has 1 aliphatic rings. The van der Waals surface area contributed by atoms with E-state index >= 15 is 0 Å². The molecule has 0 aromatic carbocycles. The number of nitrogens with one attached hydrogen (secondary N) is 1. The Labute approximate surface area is 134 Å². The van der Waals surface area contributed by atoms with Crippen LogP contribution in [0.4, 0.5) is 9.59 Å². The van der Waals surface area contributed by atoms with Crippen LogP contribution in [0.3, 0.4) is 0 Å². The van der Waals surface area contributed by atoms with Crippen LogP contribution in [0, 0.1) is 0 Å². The van der Waals surface area contributed by atoms with Crippen LogP contribution < -0.4 is 5.43 Å². The van der Waals surface area contributed by atoms with Crippen molar-refractivity contribution < 1.29 is 33.4 Å². The number of hydrogen-bond acceptors (Lipinski definition) is 7. The van der Waals surface area contributed by atoms with Gasteiger partial charge in [-0.3, -0.25) is 4.79 Å². The van der Waals surface area contributed by atoms with Gasteiger partial charge in [0.15, 0.2) is 5.78 Å². The SMILES string of the molecule is CCOC(=O)NN(C(=O)OCC)C1(C(=O)OC)CCCCC1=O. The normalized spacial score (nSPS) is 20.4. The molecule has 0 spiro atoms. The Morgan fingerprint density at radius 3 is 2.35 bits per heavy atom. The maximum Gasteiger partial charge on any atom is 0.430 e. The fourth-order valence-electron chi connectivity index (χ4n) is 2.46. The summed E-state index contributed by atoms with van der Waals surface area (Å²) in [5, 5.41) is 0.599. The van der Waals surface area contributed by atoms with Crippen molar-refractivity contribution in [2.24, 2.45) is 0 Å². The molecular formula is C14H22N2O7. The number of ether oxygens (including phenoxy) is 3. The minimum atomic E-state index is -1.94. The Hall–Kier alpha value is -2.32. The van der Waals surface area contributed by atoms with Crippen molar-refractivity contribution in [3.05, 3.63) is 0 Å². The Balaban J connectivity index is 3.25. The van der Waals surface area contributed by atoms with E-state index in [-0.39, 0.29) is 26.1 Å². The van der Waals surface area contributed by atoms with E-state index in [1.165, 1.54) is 0 Å². The number of ketones is 1. The molecule has 1 saturated carbocycles. The molecule has 1 unspecified atom stereocenters. The number of rotatable bonds is 4. The number of Topliss-reactive ketones (excluding diaryl/α,β-unsaturated/α-hetero) is 1. The second-order valence-electron chi connectivity index (χ2n) is 4.85. The Morgan fingerprint density at radius 2 is 1.83 bits per heavy atom. The van der Waals surface area contributed by atoms with E-state index in [0.717, 1.165) is 7.11 Å². The van der Waals surface area contributed by atoms with Gasteiger partial charge in [-0.25, -0.2) is 19.8 Å². The zero-order chi connectivity index (χ0) is 17.5. The Bertz CT molecular complexity index is 470. The lowest BCUT2D eigenvalue weighted by Crippen LogP contribution is -2.68. The maximum absolute atomic E-state index is 12.5. The summed E-state index contributed by atoms with van der Waals surface area (Å²) in [5.41, 5.74) is 0.196. The first-order valence-electron chi connectivity index (χ1n) is 7.46. The summed E-state index contributed by atoms with van der Waals surface area (Å²) in [6.45, 7) is 3.21. The molecule has 1 aliphatic carbocycles. The van der Waals surface area contributed by atoms with Crippen LogP contribution in [0.15, 0.2) is 0 Å². The van der Waals surface area contributed by atoms with Crippen LogP contribution >= 0.6 is 0 Å². The summed E-state index contributed by atoms with van der Waals surface area (Å²) in [7, 11) is 1.11. The minimum absolute atomic E-state index is 0.00524. The highest BCUT2D eigenvalue weighted by molar-refractivity contribution is 6.11. The lowest BCUT2D eigenvalue weighted by Gasteiger charge is -2.40. The molecule has 1 fully saturated rings. The van der Waals surface area contributed by atoms with Crippen LogP contribution in [0.1, 0.15) is 39.5 Å².